The fourth-order valence-corrected chi connectivity index (χ4v) is 0.270. The Morgan fingerprint density at radius 1 is 1.12 bits per heavy atom. The fourth-order valence-electron chi connectivity index (χ4n) is 0.270. The Kier molecular flexibility index (Phi) is 8.30. The molecule has 5 nitrogen and oxygen atoms in total. The smallest absolute Gasteiger partial charge is 0.330 e. The van der Waals surface area contributed by atoms with Crippen molar-refractivity contribution in [1.29, 1.82) is 0 Å². The van der Waals surface area contributed by atoms with Crippen LogP contribution < -0.4 is 5.32 Å². The topological polar surface area (TPSA) is 83.5 Å². The zero-order chi connectivity index (χ0) is 13.3. The van der Waals surface area contributed by atoms with Crippen LogP contribution in [0.1, 0.15) is 13.8 Å². The van der Waals surface area contributed by atoms with Gasteiger partial charge in [0, 0.05) is 11.1 Å². The first-order valence-corrected chi connectivity index (χ1v) is 4.24. The van der Waals surface area contributed by atoms with E-state index in [0.29, 0.717) is 5.57 Å². The largest absolute Gasteiger partial charge is 0.478 e. The standard InChI is InChI=1S/C7H9NO2.C4H6O2/c1-4-6(9)8-7(10)5(2)3;1-3(2)4(5)6/h4H,1-2H2,3H3,(H,8,9,10);1H2,2H3,(H,5,6). The molecule has 0 aromatic heterocycles. The van der Waals surface area contributed by atoms with Crippen LogP contribution in [0.15, 0.2) is 37.0 Å². The molecule has 0 atom stereocenters. The number of nitrogens with one attached hydrogen (secondary N) is 1. The van der Waals surface area contributed by atoms with E-state index in [-0.39, 0.29) is 5.57 Å². The van der Waals surface area contributed by atoms with E-state index >= 15 is 0 Å². The Morgan fingerprint density at radius 2 is 1.50 bits per heavy atom. The van der Waals surface area contributed by atoms with Gasteiger partial charge in [-0.3, -0.25) is 14.9 Å². The highest BCUT2D eigenvalue weighted by Crippen LogP contribution is 1.84. The number of hydrogen-bond donors (Lipinski definition) is 2. The van der Waals surface area contributed by atoms with Gasteiger partial charge in [0.15, 0.2) is 0 Å². The van der Waals surface area contributed by atoms with Crippen LogP contribution in [0.5, 0.6) is 0 Å². The highest BCUT2D eigenvalue weighted by Gasteiger charge is 2.02. The normalized spacial score (nSPS) is 7.88. The lowest BCUT2D eigenvalue weighted by Gasteiger charge is -1.96. The second kappa shape index (κ2) is 8.16. The molecule has 0 aliphatic rings. The molecule has 0 bridgehead atoms. The average Bonchev–Trinajstić information content (AvgIpc) is 2.18. The third-order valence-electron chi connectivity index (χ3n) is 1.17. The van der Waals surface area contributed by atoms with E-state index in [1.165, 1.54) is 13.8 Å². The van der Waals surface area contributed by atoms with Gasteiger partial charge >= 0.3 is 5.97 Å². The molecule has 88 valence electrons. The maximum Gasteiger partial charge on any atom is 0.330 e. The third kappa shape index (κ3) is 9.91. The molecular weight excluding hydrogens is 210 g/mol. The number of rotatable bonds is 3. The van der Waals surface area contributed by atoms with Crippen LogP contribution in [-0.4, -0.2) is 22.9 Å². The van der Waals surface area contributed by atoms with Gasteiger partial charge in [-0.1, -0.05) is 19.7 Å². The summed E-state index contributed by atoms with van der Waals surface area (Å²) in [5.74, 6) is -1.91. The van der Waals surface area contributed by atoms with Gasteiger partial charge in [-0.05, 0) is 19.9 Å². The van der Waals surface area contributed by atoms with Crippen LogP contribution in [-0.2, 0) is 14.4 Å². The van der Waals surface area contributed by atoms with Crippen molar-refractivity contribution in [3.05, 3.63) is 37.0 Å². The molecule has 0 heterocycles. The minimum absolute atomic E-state index is 0.176. The molecule has 0 aliphatic heterocycles. The number of carboxylic acid groups (broad SMARTS) is 1. The summed E-state index contributed by atoms with van der Waals surface area (Å²) in [4.78, 5) is 30.7. The number of hydrogen-bond acceptors (Lipinski definition) is 3. The van der Waals surface area contributed by atoms with Crippen molar-refractivity contribution in [2.75, 3.05) is 0 Å². The summed E-state index contributed by atoms with van der Waals surface area (Å²) in [6.45, 7) is 12.6. The molecule has 0 radical (unpaired) electrons. The van der Waals surface area contributed by atoms with Crippen molar-refractivity contribution in [3.8, 4) is 0 Å². The van der Waals surface area contributed by atoms with Crippen LogP contribution in [0, 0.1) is 0 Å². The molecule has 0 aromatic rings. The maximum absolute atomic E-state index is 10.6. The number of carboxylic acids is 1. The van der Waals surface area contributed by atoms with Gasteiger partial charge in [0.25, 0.3) is 5.91 Å². The van der Waals surface area contributed by atoms with E-state index < -0.39 is 17.8 Å². The highest BCUT2D eigenvalue weighted by atomic mass is 16.4. The predicted octanol–water partition coefficient (Wildman–Crippen LogP) is 1.04. The fraction of sp³-hybridized carbons (Fsp3) is 0.182. The SMILES string of the molecule is C=C(C)C(=O)O.C=CC(=O)NC(=O)C(=C)C. The van der Waals surface area contributed by atoms with Crippen molar-refractivity contribution in [1.82, 2.24) is 5.32 Å². The van der Waals surface area contributed by atoms with E-state index in [2.05, 4.69) is 19.7 Å². The Hall–Kier alpha value is -2.17. The van der Waals surface area contributed by atoms with E-state index in [0.717, 1.165) is 6.08 Å². The van der Waals surface area contributed by atoms with Crippen molar-refractivity contribution in [2.45, 2.75) is 13.8 Å². The number of carbonyl (C=O) groups is 3. The highest BCUT2D eigenvalue weighted by molar-refractivity contribution is 6.06. The first kappa shape index (κ1) is 16.3. The summed E-state index contributed by atoms with van der Waals surface area (Å²) in [6, 6.07) is 0. The average molecular weight is 225 g/mol. The molecule has 0 spiro atoms. The minimum atomic E-state index is -0.935. The molecule has 0 unspecified atom stereocenters. The van der Waals surface area contributed by atoms with E-state index in [9.17, 15) is 14.4 Å². The number of imide groups is 1. The van der Waals surface area contributed by atoms with Crippen molar-refractivity contribution < 1.29 is 19.5 Å². The van der Waals surface area contributed by atoms with Gasteiger partial charge in [0.05, 0.1) is 0 Å². The molecule has 0 aliphatic carbocycles. The molecular formula is C11H15NO4. The molecule has 5 heteroatoms. The first-order chi connectivity index (χ1) is 7.22. The summed E-state index contributed by atoms with van der Waals surface area (Å²) in [5, 5.41) is 9.92. The third-order valence-corrected chi connectivity index (χ3v) is 1.17. The molecule has 2 N–H and O–H groups in total. The predicted molar refractivity (Wildman–Crippen MR) is 60.6 cm³/mol. The van der Waals surface area contributed by atoms with Crippen LogP contribution in [0.2, 0.25) is 0 Å². The molecule has 0 aromatic carbocycles. The zero-order valence-corrected chi connectivity index (χ0v) is 9.37. The molecule has 0 fully saturated rings. The van der Waals surface area contributed by atoms with Crippen molar-refractivity contribution in [3.63, 3.8) is 0 Å². The Labute approximate surface area is 94.2 Å². The lowest BCUT2D eigenvalue weighted by atomic mass is 10.3. The van der Waals surface area contributed by atoms with E-state index in [1.54, 1.807) is 0 Å². The minimum Gasteiger partial charge on any atom is -0.478 e. The number of amides is 2. The van der Waals surface area contributed by atoms with Gasteiger partial charge in [0.1, 0.15) is 0 Å². The summed E-state index contributed by atoms with van der Waals surface area (Å²) >= 11 is 0. The van der Waals surface area contributed by atoms with E-state index in [4.69, 9.17) is 5.11 Å². The molecule has 2 amide bonds. The molecule has 0 rings (SSSR count). The van der Waals surface area contributed by atoms with Gasteiger partial charge in [-0.15, -0.1) is 0 Å². The monoisotopic (exact) mass is 225 g/mol. The lowest BCUT2D eigenvalue weighted by molar-refractivity contribution is -0.132. The van der Waals surface area contributed by atoms with Crippen LogP contribution in [0.25, 0.3) is 0 Å². The summed E-state index contributed by atoms with van der Waals surface area (Å²) in [7, 11) is 0. The van der Waals surface area contributed by atoms with Gasteiger partial charge in [-0.25, -0.2) is 4.79 Å². The number of carbonyl (C=O) groups excluding carboxylic acids is 2. The van der Waals surface area contributed by atoms with E-state index in [1.807, 2.05) is 5.32 Å². The van der Waals surface area contributed by atoms with Crippen LogP contribution >= 0.6 is 0 Å². The quantitative estimate of drug-likeness (QED) is 0.703. The first-order valence-electron chi connectivity index (χ1n) is 4.24. The summed E-state index contributed by atoms with van der Waals surface area (Å²) in [5.41, 5.74) is 0.477. The molecule has 16 heavy (non-hydrogen) atoms. The summed E-state index contributed by atoms with van der Waals surface area (Å²) < 4.78 is 0. The summed E-state index contributed by atoms with van der Waals surface area (Å²) in [6.07, 6.45) is 1.03. The van der Waals surface area contributed by atoms with Crippen molar-refractivity contribution >= 4 is 17.8 Å². The Morgan fingerprint density at radius 3 is 1.69 bits per heavy atom. The Bertz CT molecular complexity index is 330. The second-order valence-electron chi connectivity index (χ2n) is 2.89. The molecule has 0 saturated carbocycles. The molecule has 0 saturated heterocycles. The van der Waals surface area contributed by atoms with Crippen LogP contribution in [0.3, 0.4) is 0 Å². The lowest BCUT2D eigenvalue weighted by Crippen LogP contribution is -2.28. The zero-order valence-electron chi connectivity index (χ0n) is 9.37. The van der Waals surface area contributed by atoms with Crippen LogP contribution in [0.4, 0.5) is 0 Å². The van der Waals surface area contributed by atoms with Crippen molar-refractivity contribution in [2.24, 2.45) is 0 Å². The van der Waals surface area contributed by atoms with Gasteiger partial charge < -0.3 is 5.11 Å². The van der Waals surface area contributed by atoms with Gasteiger partial charge in [0.2, 0.25) is 5.91 Å². The maximum atomic E-state index is 10.6. The second-order valence-corrected chi connectivity index (χ2v) is 2.89. The Balaban J connectivity index is 0. The number of aliphatic carboxylic acids is 1. The van der Waals surface area contributed by atoms with Gasteiger partial charge in [-0.2, -0.15) is 0 Å².